The van der Waals surface area contributed by atoms with Gasteiger partial charge in [-0.3, -0.25) is 0 Å². The van der Waals surface area contributed by atoms with Gasteiger partial charge in [-0.1, -0.05) is 28.1 Å². The Morgan fingerprint density at radius 1 is 1.00 bits per heavy atom. The average Bonchev–Trinajstić information content (AvgIpc) is 3.21. The molecule has 0 fully saturated rings. The SMILES string of the molecule is FC(F)(F)c1nc2ccccc2n1Cc1nnc(-c2ccc(Br)cc2)o1. The van der Waals surface area contributed by atoms with Crippen LogP contribution in [0.15, 0.2) is 57.4 Å². The molecule has 0 radical (unpaired) electrons. The Bertz CT molecular complexity index is 1070. The second-order valence-corrected chi connectivity index (χ2v) is 6.43. The lowest BCUT2D eigenvalue weighted by molar-refractivity contribution is -0.146. The molecular formula is C17H10BrF3N4O. The van der Waals surface area contributed by atoms with Crippen LogP contribution in [0.5, 0.6) is 0 Å². The summed E-state index contributed by atoms with van der Waals surface area (Å²) in [5, 5.41) is 7.80. The van der Waals surface area contributed by atoms with Crippen molar-refractivity contribution in [1.82, 2.24) is 19.7 Å². The number of hydrogen-bond acceptors (Lipinski definition) is 4. The smallest absolute Gasteiger partial charge is 0.419 e. The van der Waals surface area contributed by atoms with Crippen molar-refractivity contribution in [1.29, 1.82) is 0 Å². The van der Waals surface area contributed by atoms with Crippen molar-refractivity contribution in [3.05, 3.63) is 64.7 Å². The molecule has 0 saturated heterocycles. The van der Waals surface area contributed by atoms with Crippen LogP contribution in [-0.2, 0) is 12.7 Å². The molecule has 0 aliphatic heterocycles. The molecule has 0 aliphatic carbocycles. The first-order valence-corrected chi connectivity index (χ1v) is 8.32. The summed E-state index contributed by atoms with van der Waals surface area (Å²) in [6.45, 7) is -0.223. The zero-order valence-electron chi connectivity index (χ0n) is 13.0. The van der Waals surface area contributed by atoms with Gasteiger partial charge in [0.15, 0.2) is 0 Å². The van der Waals surface area contributed by atoms with Crippen molar-refractivity contribution < 1.29 is 17.6 Å². The predicted octanol–water partition coefficient (Wildman–Crippen LogP) is 4.92. The summed E-state index contributed by atoms with van der Waals surface area (Å²) in [5.41, 5.74) is 1.29. The van der Waals surface area contributed by atoms with Crippen molar-refractivity contribution >= 4 is 27.0 Å². The molecule has 0 saturated carbocycles. The van der Waals surface area contributed by atoms with Gasteiger partial charge in [-0.05, 0) is 36.4 Å². The van der Waals surface area contributed by atoms with Gasteiger partial charge in [0.2, 0.25) is 17.6 Å². The number of alkyl halides is 3. The first-order chi connectivity index (χ1) is 12.4. The molecule has 0 amide bonds. The normalized spacial score (nSPS) is 12.0. The number of nitrogens with zero attached hydrogens (tertiary/aromatic N) is 4. The number of fused-ring (bicyclic) bond motifs is 1. The molecule has 2 aromatic carbocycles. The molecular weight excluding hydrogens is 413 g/mol. The zero-order chi connectivity index (χ0) is 18.3. The fourth-order valence-electron chi connectivity index (χ4n) is 2.61. The van der Waals surface area contributed by atoms with Crippen LogP contribution in [0.4, 0.5) is 13.2 Å². The lowest BCUT2D eigenvalue weighted by atomic mass is 10.2. The van der Waals surface area contributed by atoms with Gasteiger partial charge >= 0.3 is 6.18 Å². The third-order valence-electron chi connectivity index (χ3n) is 3.76. The molecule has 0 N–H and O–H groups in total. The maximum Gasteiger partial charge on any atom is 0.449 e. The molecule has 0 atom stereocenters. The van der Waals surface area contributed by atoms with E-state index in [4.69, 9.17) is 4.42 Å². The highest BCUT2D eigenvalue weighted by Crippen LogP contribution is 2.32. The molecule has 2 aromatic heterocycles. The van der Waals surface area contributed by atoms with Gasteiger partial charge in [-0.15, -0.1) is 10.2 Å². The fourth-order valence-corrected chi connectivity index (χ4v) is 2.88. The number of imidazole rings is 1. The summed E-state index contributed by atoms with van der Waals surface area (Å²) in [6.07, 6.45) is -4.59. The van der Waals surface area contributed by atoms with Crippen LogP contribution in [0, 0.1) is 0 Å². The highest BCUT2D eigenvalue weighted by Gasteiger charge is 2.37. The van der Waals surface area contributed by atoms with E-state index in [-0.39, 0.29) is 23.8 Å². The highest BCUT2D eigenvalue weighted by atomic mass is 79.9. The van der Waals surface area contributed by atoms with Gasteiger partial charge in [0.25, 0.3) is 0 Å². The van der Waals surface area contributed by atoms with Crippen molar-refractivity contribution in [3.63, 3.8) is 0 Å². The van der Waals surface area contributed by atoms with Crippen LogP contribution in [0.1, 0.15) is 11.7 Å². The summed E-state index contributed by atoms with van der Waals surface area (Å²) in [5.74, 6) is -0.691. The van der Waals surface area contributed by atoms with Gasteiger partial charge in [0.05, 0.1) is 11.0 Å². The second-order valence-electron chi connectivity index (χ2n) is 5.52. The summed E-state index contributed by atoms with van der Waals surface area (Å²) >= 11 is 3.33. The topological polar surface area (TPSA) is 56.7 Å². The lowest BCUT2D eigenvalue weighted by Crippen LogP contribution is -2.15. The summed E-state index contributed by atoms with van der Waals surface area (Å²) in [6, 6.07) is 13.6. The third-order valence-corrected chi connectivity index (χ3v) is 4.29. The van der Waals surface area contributed by atoms with E-state index >= 15 is 0 Å². The number of benzene rings is 2. The summed E-state index contributed by atoms with van der Waals surface area (Å²) < 4.78 is 47.5. The van der Waals surface area contributed by atoms with Gasteiger partial charge in [0.1, 0.15) is 6.54 Å². The minimum atomic E-state index is -4.59. The van der Waals surface area contributed by atoms with E-state index in [9.17, 15) is 13.2 Å². The van der Waals surface area contributed by atoms with Gasteiger partial charge in [0, 0.05) is 10.0 Å². The average molecular weight is 423 g/mol. The number of rotatable bonds is 3. The Morgan fingerprint density at radius 2 is 1.73 bits per heavy atom. The van der Waals surface area contributed by atoms with Crippen molar-refractivity contribution in [2.45, 2.75) is 12.7 Å². The van der Waals surface area contributed by atoms with Crippen molar-refractivity contribution in [3.8, 4) is 11.5 Å². The van der Waals surface area contributed by atoms with Crippen LogP contribution in [0.2, 0.25) is 0 Å². The zero-order valence-corrected chi connectivity index (χ0v) is 14.6. The molecule has 0 unspecified atom stereocenters. The van der Waals surface area contributed by atoms with Crippen LogP contribution < -0.4 is 0 Å². The fraction of sp³-hybridized carbons (Fsp3) is 0.118. The molecule has 132 valence electrons. The van der Waals surface area contributed by atoms with Gasteiger partial charge in [-0.2, -0.15) is 13.2 Å². The lowest BCUT2D eigenvalue weighted by Gasteiger charge is -2.09. The van der Waals surface area contributed by atoms with Gasteiger partial charge < -0.3 is 8.98 Å². The molecule has 2 heterocycles. The second kappa shape index (κ2) is 6.24. The maximum absolute atomic E-state index is 13.3. The van der Waals surface area contributed by atoms with Crippen molar-refractivity contribution in [2.24, 2.45) is 0 Å². The van der Waals surface area contributed by atoms with E-state index < -0.39 is 12.0 Å². The number of para-hydroxylation sites is 2. The molecule has 5 nitrogen and oxygen atoms in total. The Morgan fingerprint density at radius 3 is 2.46 bits per heavy atom. The van der Waals surface area contributed by atoms with E-state index in [0.717, 1.165) is 9.04 Å². The Balaban J connectivity index is 1.73. The molecule has 4 aromatic rings. The minimum Gasteiger partial charge on any atom is -0.419 e. The standard InChI is InChI=1S/C17H10BrF3N4O/c18-11-7-5-10(6-8-11)15-24-23-14(26-15)9-25-13-4-2-1-3-12(13)22-16(25)17(19,20)21/h1-8H,9H2. The molecule has 0 aliphatic rings. The Labute approximate surface area is 153 Å². The third kappa shape index (κ3) is 3.10. The van der Waals surface area contributed by atoms with Crippen LogP contribution in [0.3, 0.4) is 0 Å². The first kappa shape index (κ1) is 16.8. The van der Waals surface area contributed by atoms with E-state index in [2.05, 4.69) is 31.1 Å². The summed E-state index contributed by atoms with van der Waals surface area (Å²) in [4.78, 5) is 3.70. The molecule has 9 heteroatoms. The van der Waals surface area contributed by atoms with Crippen LogP contribution >= 0.6 is 15.9 Å². The monoisotopic (exact) mass is 422 g/mol. The molecule has 0 spiro atoms. The van der Waals surface area contributed by atoms with E-state index in [0.29, 0.717) is 11.1 Å². The Hall–Kier alpha value is -2.68. The molecule has 0 bridgehead atoms. The largest absolute Gasteiger partial charge is 0.449 e. The number of aromatic nitrogens is 4. The quantitative estimate of drug-likeness (QED) is 0.470. The highest BCUT2D eigenvalue weighted by molar-refractivity contribution is 9.10. The van der Waals surface area contributed by atoms with Gasteiger partial charge in [-0.25, -0.2) is 4.98 Å². The van der Waals surface area contributed by atoms with E-state index in [1.165, 1.54) is 6.07 Å². The van der Waals surface area contributed by atoms with Crippen LogP contribution in [0.25, 0.3) is 22.5 Å². The van der Waals surface area contributed by atoms with Crippen LogP contribution in [-0.4, -0.2) is 19.7 Å². The maximum atomic E-state index is 13.3. The minimum absolute atomic E-state index is 0.0663. The molecule has 26 heavy (non-hydrogen) atoms. The Kier molecular flexibility index (Phi) is 4.03. The van der Waals surface area contributed by atoms with E-state index in [1.807, 2.05) is 12.1 Å². The first-order valence-electron chi connectivity index (χ1n) is 7.52. The number of halogens is 4. The van der Waals surface area contributed by atoms with Crippen molar-refractivity contribution in [2.75, 3.05) is 0 Å². The predicted molar refractivity (Wildman–Crippen MR) is 91.3 cm³/mol. The van der Waals surface area contributed by atoms with E-state index in [1.54, 1.807) is 30.3 Å². The molecule has 4 rings (SSSR count). The summed E-state index contributed by atoms with van der Waals surface area (Å²) in [7, 11) is 0. The number of hydrogen-bond donors (Lipinski definition) is 0.